The van der Waals surface area contributed by atoms with Crippen LogP contribution in [0.1, 0.15) is 39.5 Å². The van der Waals surface area contributed by atoms with Gasteiger partial charge < -0.3 is 15.7 Å². The fraction of sp³-hybridized carbons (Fsp3) is 0.714. The van der Waals surface area contributed by atoms with Gasteiger partial charge in [-0.05, 0) is 24.7 Å². The highest BCUT2D eigenvalue weighted by Crippen LogP contribution is 2.37. The van der Waals surface area contributed by atoms with E-state index in [2.05, 4.69) is 24.5 Å². The lowest BCUT2D eigenvalue weighted by Crippen LogP contribution is -2.48. The summed E-state index contributed by atoms with van der Waals surface area (Å²) in [6.07, 6.45) is 7.13. The van der Waals surface area contributed by atoms with Gasteiger partial charge in [0.25, 0.3) is 0 Å². The molecule has 0 aromatic heterocycles. The quantitative estimate of drug-likeness (QED) is 0.683. The number of amides is 2. The number of rotatable bonds is 3. The molecule has 0 spiro atoms. The van der Waals surface area contributed by atoms with Crippen molar-refractivity contribution >= 4 is 12.0 Å². The van der Waals surface area contributed by atoms with Gasteiger partial charge in [0.2, 0.25) is 0 Å². The molecule has 0 aromatic rings. The Bertz CT molecular complexity index is 403. The van der Waals surface area contributed by atoms with E-state index >= 15 is 0 Å². The van der Waals surface area contributed by atoms with Crippen LogP contribution in [0.4, 0.5) is 4.79 Å². The monoisotopic (exact) mass is 266 g/mol. The maximum atomic E-state index is 11.9. The van der Waals surface area contributed by atoms with Crippen LogP contribution >= 0.6 is 0 Å². The summed E-state index contributed by atoms with van der Waals surface area (Å²) in [5.74, 6) is -1.31. The number of carbonyl (C=O) groups excluding carboxylic acids is 1. The minimum atomic E-state index is -0.835. The second-order valence-corrected chi connectivity index (χ2v) is 6.22. The van der Waals surface area contributed by atoms with Crippen molar-refractivity contribution in [3.8, 4) is 0 Å². The summed E-state index contributed by atoms with van der Waals surface area (Å²) in [6, 6.07) is -0.167. The molecule has 0 heterocycles. The zero-order chi connectivity index (χ0) is 14.0. The van der Waals surface area contributed by atoms with Crippen molar-refractivity contribution in [1.82, 2.24) is 10.6 Å². The minimum absolute atomic E-state index is 0.145. The molecule has 3 unspecified atom stereocenters. The first-order valence-electron chi connectivity index (χ1n) is 6.86. The maximum Gasteiger partial charge on any atom is 0.315 e. The Morgan fingerprint density at radius 1 is 1.26 bits per heavy atom. The van der Waals surface area contributed by atoms with E-state index in [1.165, 1.54) is 0 Å². The molecule has 2 aliphatic carbocycles. The van der Waals surface area contributed by atoms with E-state index in [4.69, 9.17) is 5.11 Å². The highest BCUT2D eigenvalue weighted by molar-refractivity contribution is 5.76. The topological polar surface area (TPSA) is 78.4 Å². The summed E-state index contributed by atoms with van der Waals surface area (Å²) in [7, 11) is 0. The summed E-state index contributed by atoms with van der Waals surface area (Å²) >= 11 is 0. The van der Waals surface area contributed by atoms with Crippen LogP contribution in [0.25, 0.3) is 0 Å². The van der Waals surface area contributed by atoms with Crippen LogP contribution in [-0.2, 0) is 4.79 Å². The predicted octanol–water partition coefficient (Wildman–Crippen LogP) is 1.89. The summed E-state index contributed by atoms with van der Waals surface area (Å²) in [5.41, 5.74) is 0.145. The van der Waals surface area contributed by atoms with Crippen molar-refractivity contribution in [3.63, 3.8) is 0 Å². The normalized spacial score (nSPS) is 32.2. The average molecular weight is 266 g/mol. The number of carboxylic acids is 1. The Labute approximate surface area is 113 Å². The molecule has 2 aliphatic rings. The highest BCUT2D eigenvalue weighted by atomic mass is 16.4. The predicted molar refractivity (Wildman–Crippen MR) is 71.8 cm³/mol. The number of aliphatic carboxylic acids is 1. The van der Waals surface area contributed by atoms with Gasteiger partial charge in [-0.3, -0.25) is 4.79 Å². The van der Waals surface area contributed by atoms with Crippen LogP contribution in [0.15, 0.2) is 12.2 Å². The molecule has 0 aliphatic heterocycles. The number of nitrogens with one attached hydrogen (secondary N) is 2. The van der Waals surface area contributed by atoms with Gasteiger partial charge in [-0.15, -0.1) is 0 Å². The van der Waals surface area contributed by atoms with Gasteiger partial charge in [-0.2, -0.15) is 0 Å². The molecule has 2 amide bonds. The van der Waals surface area contributed by atoms with Crippen LogP contribution in [0.3, 0.4) is 0 Å². The third kappa shape index (κ3) is 3.28. The van der Waals surface area contributed by atoms with Crippen molar-refractivity contribution in [2.75, 3.05) is 0 Å². The number of hydrogen-bond acceptors (Lipinski definition) is 2. The molecule has 0 saturated heterocycles. The molecule has 19 heavy (non-hydrogen) atoms. The zero-order valence-corrected chi connectivity index (χ0v) is 11.5. The molecule has 5 heteroatoms. The Morgan fingerprint density at radius 3 is 2.53 bits per heavy atom. The molecule has 1 fully saturated rings. The fourth-order valence-corrected chi connectivity index (χ4v) is 2.95. The van der Waals surface area contributed by atoms with Gasteiger partial charge in [-0.25, -0.2) is 4.79 Å². The van der Waals surface area contributed by atoms with Crippen LogP contribution in [0.2, 0.25) is 0 Å². The van der Waals surface area contributed by atoms with Crippen LogP contribution in [-0.4, -0.2) is 29.2 Å². The Hall–Kier alpha value is -1.52. The van der Waals surface area contributed by atoms with Crippen LogP contribution in [0.5, 0.6) is 0 Å². The Balaban J connectivity index is 1.80. The molecule has 5 nitrogen and oxygen atoms in total. The van der Waals surface area contributed by atoms with Crippen LogP contribution < -0.4 is 10.6 Å². The van der Waals surface area contributed by atoms with E-state index in [0.717, 1.165) is 19.3 Å². The van der Waals surface area contributed by atoms with Crippen molar-refractivity contribution in [2.24, 2.45) is 11.3 Å². The average Bonchev–Trinajstić information content (AvgIpc) is 2.87. The summed E-state index contributed by atoms with van der Waals surface area (Å²) < 4.78 is 0. The standard InChI is InChI=1S/C14H22N2O3/c1-14(2)7-3-4-11(14)16-13(19)15-10-6-5-9(8-10)12(17)18/h5-6,9-11H,3-4,7-8H2,1-2H3,(H,17,18)(H2,15,16,19). The maximum absolute atomic E-state index is 11.9. The van der Waals surface area contributed by atoms with Gasteiger partial charge in [0.1, 0.15) is 0 Å². The van der Waals surface area contributed by atoms with E-state index in [9.17, 15) is 9.59 Å². The third-order valence-corrected chi connectivity index (χ3v) is 4.28. The van der Waals surface area contributed by atoms with Crippen LogP contribution in [0, 0.1) is 11.3 Å². The number of hydrogen-bond donors (Lipinski definition) is 3. The van der Waals surface area contributed by atoms with Gasteiger partial charge in [0.05, 0.1) is 12.0 Å². The SMILES string of the molecule is CC1(C)CCCC1NC(=O)NC1C=CC(C(=O)O)C1. The Morgan fingerprint density at radius 2 is 2.00 bits per heavy atom. The molecule has 2 rings (SSSR count). The van der Waals surface area contributed by atoms with Gasteiger partial charge >= 0.3 is 12.0 Å². The van der Waals surface area contributed by atoms with Gasteiger partial charge in [0.15, 0.2) is 0 Å². The molecule has 0 radical (unpaired) electrons. The summed E-state index contributed by atoms with van der Waals surface area (Å²) in [6.45, 7) is 4.34. The molecule has 0 bridgehead atoms. The lowest BCUT2D eigenvalue weighted by Gasteiger charge is -2.28. The molecule has 106 valence electrons. The summed E-state index contributed by atoms with van der Waals surface area (Å²) in [5, 5.41) is 14.7. The largest absolute Gasteiger partial charge is 0.481 e. The lowest BCUT2D eigenvalue weighted by molar-refractivity contribution is -0.140. The molecule has 1 saturated carbocycles. The first-order valence-corrected chi connectivity index (χ1v) is 6.86. The number of carbonyl (C=O) groups is 2. The molecule has 3 atom stereocenters. The smallest absolute Gasteiger partial charge is 0.315 e. The first-order chi connectivity index (χ1) is 8.88. The zero-order valence-electron chi connectivity index (χ0n) is 11.5. The van der Waals surface area contributed by atoms with Crippen molar-refractivity contribution in [1.29, 1.82) is 0 Å². The van der Waals surface area contributed by atoms with Crippen molar-refractivity contribution < 1.29 is 14.7 Å². The van der Waals surface area contributed by atoms with E-state index in [1.54, 1.807) is 12.2 Å². The van der Waals surface area contributed by atoms with Crippen molar-refractivity contribution in [2.45, 2.75) is 51.6 Å². The second-order valence-electron chi connectivity index (χ2n) is 6.22. The Kier molecular flexibility index (Phi) is 3.83. The molecule has 3 N–H and O–H groups in total. The second kappa shape index (κ2) is 5.23. The van der Waals surface area contributed by atoms with Gasteiger partial charge in [-0.1, -0.05) is 32.4 Å². The van der Waals surface area contributed by atoms with E-state index in [0.29, 0.717) is 6.42 Å². The van der Waals surface area contributed by atoms with E-state index in [-0.39, 0.29) is 23.5 Å². The molecular weight excluding hydrogens is 244 g/mol. The first kappa shape index (κ1) is 13.9. The van der Waals surface area contributed by atoms with Gasteiger partial charge in [0, 0.05) is 6.04 Å². The van der Waals surface area contributed by atoms with E-state index < -0.39 is 11.9 Å². The third-order valence-electron chi connectivity index (χ3n) is 4.28. The molecular formula is C14H22N2O3. The number of urea groups is 1. The van der Waals surface area contributed by atoms with Crippen molar-refractivity contribution in [3.05, 3.63) is 12.2 Å². The minimum Gasteiger partial charge on any atom is -0.481 e. The fourth-order valence-electron chi connectivity index (χ4n) is 2.95. The lowest BCUT2D eigenvalue weighted by atomic mass is 9.87. The number of carboxylic acid groups (broad SMARTS) is 1. The summed E-state index contributed by atoms with van der Waals surface area (Å²) in [4.78, 5) is 22.7. The molecule has 0 aromatic carbocycles. The highest BCUT2D eigenvalue weighted by Gasteiger charge is 2.35. The van der Waals surface area contributed by atoms with E-state index in [1.807, 2.05) is 0 Å².